The molecule has 3 heterocycles. The molecule has 0 amide bonds. The minimum absolute atomic E-state index is 0.174. The molecule has 6 heteroatoms. The lowest BCUT2D eigenvalue weighted by Gasteiger charge is -2.31. The zero-order chi connectivity index (χ0) is 12.4. The maximum atomic E-state index is 5.83. The molecule has 4 nitrogen and oxygen atoms in total. The maximum absolute atomic E-state index is 5.83. The summed E-state index contributed by atoms with van der Waals surface area (Å²) in [6, 6.07) is 4.21. The third-order valence-electron chi connectivity index (χ3n) is 2.97. The largest absolute Gasteiger partial charge is 0.369 e. The van der Waals surface area contributed by atoms with Crippen molar-refractivity contribution in [2.75, 3.05) is 24.6 Å². The number of anilines is 1. The number of hydrogen-bond acceptors (Lipinski definition) is 6. The van der Waals surface area contributed by atoms with Crippen molar-refractivity contribution in [2.24, 2.45) is 0 Å². The van der Waals surface area contributed by atoms with Crippen LogP contribution in [0.3, 0.4) is 0 Å². The van der Waals surface area contributed by atoms with Crippen LogP contribution in [0.1, 0.15) is 23.7 Å². The quantitative estimate of drug-likeness (QED) is 0.867. The molecule has 96 valence electrons. The van der Waals surface area contributed by atoms with E-state index >= 15 is 0 Å². The molecule has 0 bridgehead atoms. The highest BCUT2D eigenvalue weighted by atomic mass is 32.1. The molecule has 0 N–H and O–H groups in total. The molecule has 3 rings (SSSR count). The summed E-state index contributed by atoms with van der Waals surface area (Å²) in [7, 11) is 0. The van der Waals surface area contributed by atoms with Crippen LogP contribution in [0.4, 0.5) is 5.13 Å². The highest BCUT2D eigenvalue weighted by Crippen LogP contribution is 2.29. The van der Waals surface area contributed by atoms with Crippen molar-refractivity contribution in [1.29, 1.82) is 0 Å². The van der Waals surface area contributed by atoms with Gasteiger partial charge in [0.2, 0.25) is 5.13 Å². The van der Waals surface area contributed by atoms with E-state index in [-0.39, 0.29) is 6.10 Å². The number of hydrogen-bond donors (Lipinski definition) is 0. The van der Waals surface area contributed by atoms with E-state index < -0.39 is 0 Å². The normalized spacial score (nSPS) is 20.3. The molecule has 1 aliphatic heterocycles. The molecule has 2 aromatic rings. The Bertz CT molecular complexity index is 497. The van der Waals surface area contributed by atoms with Gasteiger partial charge in [-0.25, -0.2) is 4.98 Å². The molecule has 0 aromatic carbocycles. The predicted octanol–water partition coefficient (Wildman–Crippen LogP) is 2.74. The molecule has 1 unspecified atom stereocenters. The van der Waals surface area contributed by atoms with Gasteiger partial charge < -0.3 is 9.64 Å². The SMILES string of the molecule is CCc1nsc(N2CCOC(c3cccs3)C2)n1. The molecule has 0 aliphatic carbocycles. The third kappa shape index (κ3) is 2.41. The fourth-order valence-electron chi connectivity index (χ4n) is 1.99. The van der Waals surface area contributed by atoms with Crippen LogP contribution in [-0.2, 0) is 11.2 Å². The van der Waals surface area contributed by atoms with Gasteiger partial charge in [-0.2, -0.15) is 4.37 Å². The van der Waals surface area contributed by atoms with E-state index in [2.05, 4.69) is 38.7 Å². The summed E-state index contributed by atoms with van der Waals surface area (Å²) in [6.07, 6.45) is 1.07. The van der Waals surface area contributed by atoms with Gasteiger partial charge in [0.15, 0.2) is 0 Å². The number of aromatic nitrogens is 2. The number of ether oxygens (including phenoxy) is 1. The first-order valence-corrected chi connectivity index (χ1v) is 7.74. The molecule has 0 radical (unpaired) electrons. The van der Waals surface area contributed by atoms with Crippen LogP contribution in [0.25, 0.3) is 0 Å². The molecule has 2 aromatic heterocycles. The van der Waals surface area contributed by atoms with Crippen molar-refractivity contribution >= 4 is 28.0 Å². The minimum Gasteiger partial charge on any atom is -0.369 e. The summed E-state index contributed by atoms with van der Waals surface area (Å²) < 4.78 is 10.2. The third-order valence-corrected chi connectivity index (χ3v) is 4.75. The molecule has 1 saturated heterocycles. The van der Waals surface area contributed by atoms with Crippen molar-refractivity contribution in [2.45, 2.75) is 19.4 Å². The molecule has 18 heavy (non-hydrogen) atoms. The number of thiophene rings is 1. The van der Waals surface area contributed by atoms with Crippen LogP contribution in [0.5, 0.6) is 0 Å². The molecule has 1 fully saturated rings. The maximum Gasteiger partial charge on any atom is 0.205 e. The van der Waals surface area contributed by atoms with E-state index in [0.717, 1.165) is 37.1 Å². The van der Waals surface area contributed by atoms with Gasteiger partial charge in [-0.15, -0.1) is 11.3 Å². The standard InChI is InChI=1S/C12H15N3OS2/c1-2-11-13-12(18-14-11)15-5-6-16-9(8-15)10-4-3-7-17-10/h3-4,7,9H,2,5-6,8H2,1H3. The van der Waals surface area contributed by atoms with Gasteiger partial charge in [-0.05, 0) is 11.4 Å². The van der Waals surface area contributed by atoms with Crippen LogP contribution in [-0.4, -0.2) is 29.1 Å². The predicted molar refractivity (Wildman–Crippen MR) is 74.5 cm³/mol. The van der Waals surface area contributed by atoms with Crippen molar-refractivity contribution in [3.63, 3.8) is 0 Å². The molecule has 0 spiro atoms. The summed E-state index contributed by atoms with van der Waals surface area (Å²) in [4.78, 5) is 8.12. The Hall–Kier alpha value is -0.980. The summed E-state index contributed by atoms with van der Waals surface area (Å²) in [5, 5.41) is 3.12. The van der Waals surface area contributed by atoms with Crippen LogP contribution in [0, 0.1) is 0 Å². The van der Waals surface area contributed by atoms with Gasteiger partial charge >= 0.3 is 0 Å². The second kappa shape index (κ2) is 5.34. The van der Waals surface area contributed by atoms with Crippen molar-refractivity contribution in [3.8, 4) is 0 Å². The topological polar surface area (TPSA) is 38.2 Å². The number of rotatable bonds is 3. The second-order valence-corrected chi connectivity index (χ2v) is 5.88. The molecular weight excluding hydrogens is 266 g/mol. The first-order chi connectivity index (χ1) is 8.86. The zero-order valence-corrected chi connectivity index (χ0v) is 11.8. The first kappa shape index (κ1) is 12.1. The van der Waals surface area contributed by atoms with Gasteiger partial charge in [0.05, 0.1) is 13.2 Å². The summed E-state index contributed by atoms with van der Waals surface area (Å²) in [5.41, 5.74) is 0. The fourth-order valence-corrected chi connectivity index (χ4v) is 3.54. The summed E-state index contributed by atoms with van der Waals surface area (Å²) >= 11 is 3.24. The number of morpholine rings is 1. The highest BCUT2D eigenvalue weighted by molar-refractivity contribution is 7.10. The Labute approximate surface area is 114 Å². The first-order valence-electron chi connectivity index (χ1n) is 6.09. The molecular formula is C12H15N3OS2. The van der Waals surface area contributed by atoms with Crippen LogP contribution < -0.4 is 4.90 Å². The minimum atomic E-state index is 0.174. The van der Waals surface area contributed by atoms with Crippen molar-refractivity contribution in [3.05, 3.63) is 28.2 Å². The monoisotopic (exact) mass is 281 g/mol. The van der Waals surface area contributed by atoms with E-state index in [1.54, 1.807) is 11.3 Å². The van der Waals surface area contributed by atoms with Gasteiger partial charge in [0, 0.05) is 29.4 Å². The van der Waals surface area contributed by atoms with Gasteiger partial charge in [-0.3, -0.25) is 0 Å². The Kier molecular flexibility index (Phi) is 3.58. The Morgan fingerprint density at radius 1 is 1.56 bits per heavy atom. The average molecular weight is 281 g/mol. The lowest BCUT2D eigenvalue weighted by Crippen LogP contribution is -2.38. The van der Waals surface area contributed by atoms with Crippen molar-refractivity contribution in [1.82, 2.24) is 9.36 Å². The Morgan fingerprint density at radius 2 is 2.50 bits per heavy atom. The molecule has 1 aliphatic rings. The Balaban J connectivity index is 1.74. The van der Waals surface area contributed by atoms with E-state index in [1.165, 1.54) is 16.4 Å². The molecule has 1 atom stereocenters. The van der Waals surface area contributed by atoms with E-state index in [1.807, 2.05) is 0 Å². The van der Waals surface area contributed by atoms with E-state index in [4.69, 9.17) is 4.74 Å². The van der Waals surface area contributed by atoms with Crippen LogP contribution in [0.15, 0.2) is 17.5 Å². The lowest BCUT2D eigenvalue weighted by atomic mass is 10.2. The Morgan fingerprint density at radius 3 is 3.22 bits per heavy atom. The van der Waals surface area contributed by atoms with E-state index in [9.17, 15) is 0 Å². The summed E-state index contributed by atoms with van der Waals surface area (Å²) in [6.45, 7) is 4.61. The van der Waals surface area contributed by atoms with Gasteiger partial charge in [0.25, 0.3) is 0 Å². The average Bonchev–Trinajstić information content (AvgIpc) is 3.10. The van der Waals surface area contributed by atoms with Crippen LogP contribution in [0.2, 0.25) is 0 Å². The van der Waals surface area contributed by atoms with E-state index in [0.29, 0.717) is 0 Å². The molecule has 0 saturated carbocycles. The highest BCUT2D eigenvalue weighted by Gasteiger charge is 2.24. The van der Waals surface area contributed by atoms with Crippen molar-refractivity contribution < 1.29 is 4.74 Å². The summed E-state index contributed by atoms with van der Waals surface area (Å²) in [5.74, 6) is 0.939. The van der Waals surface area contributed by atoms with Crippen LogP contribution >= 0.6 is 22.9 Å². The lowest BCUT2D eigenvalue weighted by molar-refractivity contribution is 0.0421. The van der Waals surface area contributed by atoms with Gasteiger partial charge in [-0.1, -0.05) is 13.0 Å². The number of nitrogens with zero attached hydrogens (tertiary/aromatic N) is 3. The number of aryl methyl sites for hydroxylation is 1. The second-order valence-electron chi connectivity index (χ2n) is 4.17. The fraction of sp³-hybridized carbons (Fsp3) is 0.500. The smallest absolute Gasteiger partial charge is 0.205 e. The van der Waals surface area contributed by atoms with Gasteiger partial charge in [0.1, 0.15) is 11.9 Å². The zero-order valence-electron chi connectivity index (χ0n) is 10.2.